The van der Waals surface area contributed by atoms with Gasteiger partial charge in [0, 0.05) is 0 Å². The van der Waals surface area contributed by atoms with E-state index in [0.29, 0.717) is 17.4 Å². The summed E-state index contributed by atoms with van der Waals surface area (Å²) < 4.78 is 79.8. The SMILES string of the molecule is CCCc1ccc2[cH-]c(CC)cc2c1-c1cc(C(F)(F)F)cc(C(F)(F)F)c1.[Cl][Zr+2][Cl].[c-]1cccc2c1[Si]c1ccccc1-2. The van der Waals surface area contributed by atoms with Gasteiger partial charge in [-0.25, -0.2) is 0 Å². The summed E-state index contributed by atoms with van der Waals surface area (Å²) in [5.41, 5.74) is 2.32. The van der Waals surface area contributed by atoms with E-state index < -0.39 is 44.3 Å². The van der Waals surface area contributed by atoms with Crippen molar-refractivity contribution in [3.63, 3.8) is 0 Å². The van der Waals surface area contributed by atoms with Crippen LogP contribution in [0.2, 0.25) is 0 Å². The predicted molar refractivity (Wildman–Crippen MR) is 166 cm³/mol. The molecule has 226 valence electrons. The Labute approximate surface area is 274 Å². The second-order valence-corrected chi connectivity index (χ2v) is 15.1. The fraction of sp³-hybridized carbons (Fsp3) is 0.206. The molecule has 0 aromatic heterocycles. The number of hydrogen-bond donors (Lipinski definition) is 0. The third-order valence-corrected chi connectivity index (χ3v) is 8.54. The Kier molecular flexibility index (Phi) is 11.7. The molecule has 0 spiro atoms. The zero-order chi connectivity index (χ0) is 32.1. The summed E-state index contributed by atoms with van der Waals surface area (Å²) in [7, 11) is 10.7. The minimum Gasteiger partial charge on any atom is -0.184 e. The smallest absolute Gasteiger partial charge is 0.0920 e. The summed E-state index contributed by atoms with van der Waals surface area (Å²) in [6.07, 6.45) is -7.71. The van der Waals surface area contributed by atoms with Crippen LogP contribution in [0.25, 0.3) is 33.0 Å². The zero-order valence-corrected chi connectivity index (χ0v) is 28.7. The molecule has 1 aliphatic rings. The number of rotatable bonds is 4. The number of benzene rings is 4. The number of hydrogen-bond acceptors (Lipinski definition) is 0. The maximum atomic E-state index is 13.3. The van der Waals surface area contributed by atoms with E-state index in [2.05, 4.69) is 42.5 Å². The average Bonchev–Trinajstić information content (AvgIpc) is 3.58. The minimum atomic E-state index is -4.87. The van der Waals surface area contributed by atoms with Gasteiger partial charge in [-0.15, -0.1) is 40.1 Å². The molecule has 0 fully saturated rings. The van der Waals surface area contributed by atoms with Gasteiger partial charge in [0.1, 0.15) is 0 Å². The van der Waals surface area contributed by atoms with Crippen molar-refractivity contribution in [2.45, 2.75) is 45.5 Å². The van der Waals surface area contributed by atoms with Gasteiger partial charge >= 0.3 is 50.2 Å². The van der Waals surface area contributed by atoms with Crippen LogP contribution in [0.15, 0.2) is 84.9 Å². The topological polar surface area (TPSA) is 0 Å². The number of fused-ring (bicyclic) bond motifs is 4. The fourth-order valence-electron chi connectivity index (χ4n) is 5.24. The summed E-state index contributed by atoms with van der Waals surface area (Å²) in [6.45, 7) is 3.87. The van der Waals surface area contributed by atoms with Gasteiger partial charge in [0.15, 0.2) is 0 Å². The van der Waals surface area contributed by atoms with E-state index in [0.717, 1.165) is 51.0 Å². The molecule has 0 N–H and O–H groups in total. The molecule has 0 saturated heterocycles. The second-order valence-electron chi connectivity index (χ2n) is 10.1. The molecule has 0 atom stereocenters. The molecule has 0 bridgehead atoms. The van der Waals surface area contributed by atoms with E-state index in [9.17, 15) is 26.3 Å². The molecule has 0 aliphatic carbocycles. The Hall–Kier alpha value is -2.25. The molecule has 5 aromatic carbocycles. The maximum Gasteiger partial charge on any atom is 0.0920 e. The van der Waals surface area contributed by atoms with Gasteiger partial charge in [0.2, 0.25) is 0 Å². The Balaban J connectivity index is 0.000000226. The number of halogens is 8. The monoisotopic (exact) mass is 736 g/mol. The zero-order valence-electron chi connectivity index (χ0n) is 23.7. The Morgan fingerprint density at radius 2 is 1.45 bits per heavy atom. The van der Waals surface area contributed by atoms with Gasteiger partial charge in [0.25, 0.3) is 0 Å². The van der Waals surface area contributed by atoms with Gasteiger partial charge in [-0.3, -0.25) is 0 Å². The largest absolute Gasteiger partial charge is 0.184 e. The van der Waals surface area contributed by atoms with E-state index >= 15 is 0 Å². The average molecular weight is 739 g/mol. The second kappa shape index (κ2) is 14.9. The van der Waals surface area contributed by atoms with Gasteiger partial charge < -0.3 is 0 Å². The van der Waals surface area contributed by atoms with Crippen LogP contribution in [0.1, 0.15) is 42.5 Å². The Bertz CT molecular complexity index is 1650. The molecule has 6 rings (SSSR count). The minimum absolute atomic E-state index is 0.0514. The van der Waals surface area contributed by atoms with Crippen LogP contribution in [-0.4, -0.2) is 9.52 Å². The molecule has 1 heterocycles. The summed E-state index contributed by atoms with van der Waals surface area (Å²) in [6, 6.07) is 27.4. The first kappa shape index (κ1) is 34.6. The molecule has 0 unspecified atom stereocenters. The Morgan fingerprint density at radius 3 is 2.07 bits per heavy atom. The fourth-order valence-corrected chi connectivity index (χ4v) is 6.55. The number of alkyl halides is 6. The van der Waals surface area contributed by atoms with Crippen LogP contribution in [0.3, 0.4) is 0 Å². The first-order valence-corrected chi connectivity index (χ1v) is 21.1. The van der Waals surface area contributed by atoms with E-state index in [1.54, 1.807) is 6.07 Å². The van der Waals surface area contributed by atoms with Crippen molar-refractivity contribution < 1.29 is 47.2 Å². The first-order chi connectivity index (χ1) is 20.9. The number of aryl methyl sites for hydroxylation is 2. The molecule has 0 amide bonds. The van der Waals surface area contributed by atoms with Crippen molar-refractivity contribution >= 4 is 47.7 Å². The molecule has 44 heavy (non-hydrogen) atoms. The molecular formula is C34H26Cl2F6SiZr. The molecule has 0 saturated carbocycles. The molecule has 0 nitrogen and oxygen atoms in total. The van der Waals surface area contributed by atoms with E-state index in [1.807, 2.05) is 38.1 Å². The molecular weight excluding hydrogens is 713 g/mol. The van der Waals surface area contributed by atoms with E-state index in [-0.39, 0.29) is 11.6 Å². The third-order valence-electron chi connectivity index (χ3n) is 7.17. The van der Waals surface area contributed by atoms with Gasteiger partial charge in [0.05, 0.1) is 20.6 Å². The van der Waals surface area contributed by atoms with Gasteiger partial charge in [-0.05, 0) is 36.6 Å². The molecule has 1 aliphatic heterocycles. The third kappa shape index (κ3) is 8.12. The van der Waals surface area contributed by atoms with Crippen LogP contribution in [-0.2, 0) is 46.0 Å². The first-order valence-electron chi connectivity index (χ1n) is 13.8. The van der Waals surface area contributed by atoms with Crippen molar-refractivity contribution in [1.82, 2.24) is 0 Å². The molecule has 2 radical (unpaired) electrons. The van der Waals surface area contributed by atoms with Crippen LogP contribution >= 0.6 is 17.0 Å². The molecule has 10 heteroatoms. The summed E-state index contributed by atoms with van der Waals surface area (Å²) in [5, 5.41) is 4.33. The van der Waals surface area contributed by atoms with E-state index in [4.69, 9.17) is 17.0 Å². The van der Waals surface area contributed by atoms with Crippen LogP contribution < -0.4 is 10.4 Å². The normalized spacial score (nSPS) is 12.0. The summed E-state index contributed by atoms with van der Waals surface area (Å²) >= 11 is -0.826. The molecule has 5 aromatic rings. The maximum absolute atomic E-state index is 13.3. The van der Waals surface area contributed by atoms with Crippen molar-refractivity contribution in [2.75, 3.05) is 0 Å². The van der Waals surface area contributed by atoms with Gasteiger partial charge in [-0.1, -0.05) is 66.4 Å². The standard InChI is InChI=1S/C22H19F6.C12H7Si.2ClH.Zr/c1-3-5-14-6-7-15-8-13(4-2)9-19(15)20(14)16-10-17(21(23,24)25)12-18(11-16)22(26,27)28;1-3-7-11-9(5-1)10-6-2-4-8-12(10)13-11;;;/h6-12H,3-5H2,1-2H3;1-7H;2*1H;/q2*-1;;;+4/p-2. The van der Waals surface area contributed by atoms with E-state index in [1.165, 1.54) is 21.5 Å². The summed E-state index contributed by atoms with van der Waals surface area (Å²) in [4.78, 5) is 0. The summed E-state index contributed by atoms with van der Waals surface area (Å²) in [5.74, 6) is 0. The van der Waals surface area contributed by atoms with Crippen molar-refractivity contribution in [3.8, 4) is 22.3 Å². The van der Waals surface area contributed by atoms with Crippen LogP contribution in [0, 0.1) is 6.07 Å². The van der Waals surface area contributed by atoms with Crippen LogP contribution in [0.4, 0.5) is 26.3 Å². The predicted octanol–water partition coefficient (Wildman–Crippen LogP) is 10.3. The van der Waals surface area contributed by atoms with Crippen LogP contribution in [0.5, 0.6) is 0 Å². The Morgan fingerprint density at radius 1 is 0.818 bits per heavy atom. The van der Waals surface area contributed by atoms with Crippen molar-refractivity contribution in [1.29, 1.82) is 0 Å². The van der Waals surface area contributed by atoms with Gasteiger partial charge in [-0.2, -0.15) is 61.9 Å². The quantitative estimate of drug-likeness (QED) is 0.0960. The van der Waals surface area contributed by atoms with Crippen molar-refractivity contribution in [3.05, 3.63) is 113 Å². The van der Waals surface area contributed by atoms with Crippen molar-refractivity contribution in [2.24, 2.45) is 0 Å².